The third-order valence-corrected chi connectivity index (χ3v) is 7.04. The zero-order valence-corrected chi connectivity index (χ0v) is 17.9. The van der Waals surface area contributed by atoms with Gasteiger partial charge >= 0.3 is 0 Å². The fraction of sp³-hybridized carbons (Fsp3) is 0.500. The number of hydrogen-bond acceptors (Lipinski definition) is 7. The molecule has 1 atom stereocenters. The molecule has 0 bridgehead atoms. The zero-order valence-electron chi connectivity index (χ0n) is 17.0. The van der Waals surface area contributed by atoms with Crippen molar-refractivity contribution in [2.45, 2.75) is 44.0 Å². The van der Waals surface area contributed by atoms with Crippen LogP contribution in [0.1, 0.15) is 30.5 Å². The van der Waals surface area contributed by atoms with Gasteiger partial charge in [0.25, 0.3) is 11.6 Å². The van der Waals surface area contributed by atoms with Gasteiger partial charge in [0.05, 0.1) is 12.2 Å². The van der Waals surface area contributed by atoms with Crippen molar-refractivity contribution in [3.8, 4) is 0 Å². The molecule has 4 heterocycles. The number of nitrogens with one attached hydrogen (secondary N) is 1. The minimum atomic E-state index is 0.0226. The van der Waals surface area contributed by atoms with Crippen LogP contribution in [0.15, 0.2) is 39.5 Å². The fourth-order valence-corrected chi connectivity index (χ4v) is 5.33. The SMILES string of the molecule is O=c1cc2c(nn1CCN1CCCCC1CNc1nc3ccccc3o1)CCSC2. The Morgan fingerprint density at radius 3 is 3.10 bits per heavy atom. The number of rotatable bonds is 6. The van der Waals surface area contributed by atoms with E-state index in [0.717, 1.165) is 66.3 Å². The van der Waals surface area contributed by atoms with Crippen molar-refractivity contribution in [1.82, 2.24) is 19.7 Å². The standard InChI is InChI=1S/C22H27N5O2S/c28-21-13-16-15-30-12-8-18(16)25-27(21)11-10-26-9-4-3-5-17(26)14-23-22-24-19-6-1-2-7-20(19)29-22/h1-2,6-7,13,17H,3-5,8-12,14-15H2,(H,23,24). The van der Waals surface area contributed by atoms with Crippen molar-refractivity contribution in [3.05, 3.63) is 51.9 Å². The molecule has 1 saturated heterocycles. The molecule has 3 aromatic rings. The summed E-state index contributed by atoms with van der Waals surface area (Å²) in [6.07, 6.45) is 4.52. The number of hydrogen-bond donors (Lipinski definition) is 1. The Labute approximate surface area is 179 Å². The molecular formula is C22H27N5O2S. The Balaban J connectivity index is 1.22. The highest BCUT2D eigenvalue weighted by Gasteiger charge is 2.23. The number of aryl methyl sites for hydroxylation is 1. The summed E-state index contributed by atoms with van der Waals surface area (Å²) >= 11 is 1.88. The largest absolute Gasteiger partial charge is 0.424 e. The van der Waals surface area contributed by atoms with Crippen LogP contribution in [0.3, 0.4) is 0 Å². The van der Waals surface area contributed by atoms with Gasteiger partial charge in [-0.2, -0.15) is 21.8 Å². The van der Waals surface area contributed by atoms with Gasteiger partial charge in [-0.25, -0.2) is 4.68 Å². The van der Waals surface area contributed by atoms with Crippen LogP contribution in [0.2, 0.25) is 0 Å². The minimum absolute atomic E-state index is 0.0226. The molecule has 158 valence electrons. The summed E-state index contributed by atoms with van der Waals surface area (Å²) in [5.74, 6) is 2.00. The molecule has 2 aromatic heterocycles. The maximum Gasteiger partial charge on any atom is 0.295 e. The minimum Gasteiger partial charge on any atom is -0.424 e. The summed E-state index contributed by atoms with van der Waals surface area (Å²) in [5.41, 5.74) is 3.91. The lowest BCUT2D eigenvalue weighted by atomic mass is 10.0. The number of benzene rings is 1. The summed E-state index contributed by atoms with van der Waals surface area (Å²) in [4.78, 5) is 19.5. The van der Waals surface area contributed by atoms with E-state index in [1.807, 2.05) is 36.0 Å². The van der Waals surface area contributed by atoms with Crippen LogP contribution in [0.5, 0.6) is 0 Å². The van der Waals surface area contributed by atoms with Gasteiger partial charge in [-0.15, -0.1) is 0 Å². The van der Waals surface area contributed by atoms with E-state index in [2.05, 4.69) is 20.3 Å². The zero-order chi connectivity index (χ0) is 20.3. The van der Waals surface area contributed by atoms with Crippen LogP contribution in [-0.2, 0) is 18.7 Å². The van der Waals surface area contributed by atoms with Gasteiger partial charge in [0.2, 0.25) is 0 Å². The molecule has 1 fully saturated rings. The normalized spacial score (nSPS) is 19.7. The maximum atomic E-state index is 12.5. The fourth-order valence-electron chi connectivity index (χ4n) is 4.37. The van der Waals surface area contributed by atoms with E-state index in [-0.39, 0.29) is 5.56 Å². The van der Waals surface area contributed by atoms with Crippen LogP contribution in [0.4, 0.5) is 6.01 Å². The van der Waals surface area contributed by atoms with Gasteiger partial charge in [0.15, 0.2) is 5.58 Å². The molecule has 2 aliphatic rings. The number of para-hydroxylation sites is 2. The highest BCUT2D eigenvalue weighted by Crippen LogP contribution is 2.22. The van der Waals surface area contributed by atoms with Crippen LogP contribution in [0, 0.1) is 0 Å². The smallest absolute Gasteiger partial charge is 0.295 e. The van der Waals surface area contributed by atoms with Crippen molar-refractivity contribution in [2.24, 2.45) is 0 Å². The molecule has 1 unspecified atom stereocenters. The molecule has 2 aliphatic heterocycles. The molecule has 0 aliphatic carbocycles. The molecule has 0 radical (unpaired) electrons. The molecule has 0 spiro atoms. The van der Waals surface area contributed by atoms with E-state index >= 15 is 0 Å². The Hall–Kier alpha value is -2.32. The second-order valence-corrected chi connectivity index (χ2v) is 9.14. The highest BCUT2D eigenvalue weighted by atomic mass is 32.2. The van der Waals surface area contributed by atoms with Crippen molar-refractivity contribution < 1.29 is 4.42 Å². The summed E-state index contributed by atoms with van der Waals surface area (Å²) in [5, 5.41) is 8.04. The molecule has 30 heavy (non-hydrogen) atoms. The van der Waals surface area contributed by atoms with Crippen LogP contribution < -0.4 is 10.9 Å². The number of nitrogens with zero attached hydrogens (tertiary/aromatic N) is 4. The number of likely N-dealkylation sites (tertiary alicyclic amines) is 1. The maximum absolute atomic E-state index is 12.5. The monoisotopic (exact) mass is 425 g/mol. The van der Waals surface area contributed by atoms with Crippen LogP contribution in [0.25, 0.3) is 11.1 Å². The first-order valence-corrected chi connectivity index (χ1v) is 11.9. The average molecular weight is 426 g/mol. The molecule has 1 aromatic carbocycles. The lowest BCUT2D eigenvalue weighted by molar-refractivity contribution is 0.147. The Morgan fingerprint density at radius 1 is 1.23 bits per heavy atom. The molecule has 5 rings (SSSR count). The molecular weight excluding hydrogens is 398 g/mol. The predicted molar refractivity (Wildman–Crippen MR) is 120 cm³/mol. The van der Waals surface area contributed by atoms with E-state index in [4.69, 9.17) is 4.42 Å². The summed E-state index contributed by atoms with van der Waals surface area (Å²) in [7, 11) is 0. The van der Waals surface area contributed by atoms with Gasteiger partial charge < -0.3 is 9.73 Å². The van der Waals surface area contributed by atoms with Crippen molar-refractivity contribution >= 4 is 28.9 Å². The van der Waals surface area contributed by atoms with Gasteiger partial charge in [-0.05, 0) is 42.8 Å². The first kappa shape index (κ1) is 19.6. The van der Waals surface area contributed by atoms with Crippen LogP contribution in [-0.4, -0.2) is 51.1 Å². The Kier molecular flexibility index (Phi) is 5.77. The lowest BCUT2D eigenvalue weighted by Gasteiger charge is -2.35. The number of oxazole rings is 1. The second-order valence-electron chi connectivity index (χ2n) is 8.03. The molecule has 1 N–H and O–H groups in total. The quantitative estimate of drug-likeness (QED) is 0.650. The first-order valence-electron chi connectivity index (χ1n) is 10.8. The third-order valence-electron chi connectivity index (χ3n) is 6.04. The molecule has 0 saturated carbocycles. The van der Waals surface area contributed by atoms with Gasteiger partial charge in [0, 0.05) is 37.4 Å². The molecule has 0 amide bonds. The van der Waals surface area contributed by atoms with E-state index in [1.54, 1.807) is 10.7 Å². The average Bonchev–Trinajstić information content (AvgIpc) is 3.20. The lowest BCUT2D eigenvalue weighted by Crippen LogP contribution is -2.45. The number of anilines is 1. The third kappa shape index (κ3) is 4.25. The van der Waals surface area contributed by atoms with Gasteiger partial charge in [-0.3, -0.25) is 9.69 Å². The van der Waals surface area contributed by atoms with E-state index < -0.39 is 0 Å². The van der Waals surface area contributed by atoms with Crippen molar-refractivity contribution in [1.29, 1.82) is 0 Å². The number of aromatic nitrogens is 3. The highest BCUT2D eigenvalue weighted by molar-refractivity contribution is 7.98. The van der Waals surface area contributed by atoms with E-state index in [9.17, 15) is 4.79 Å². The Morgan fingerprint density at radius 2 is 2.17 bits per heavy atom. The van der Waals surface area contributed by atoms with E-state index in [1.165, 1.54) is 12.8 Å². The Bertz CT molecular complexity index is 1050. The van der Waals surface area contributed by atoms with Crippen molar-refractivity contribution in [2.75, 3.05) is 30.7 Å². The molecule has 7 nitrogen and oxygen atoms in total. The summed E-state index contributed by atoms with van der Waals surface area (Å²) in [6, 6.07) is 10.6. The van der Waals surface area contributed by atoms with Gasteiger partial charge in [-0.1, -0.05) is 18.6 Å². The van der Waals surface area contributed by atoms with Gasteiger partial charge in [0.1, 0.15) is 5.52 Å². The number of piperidine rings is 1. The first-order chi connectivity index (χ1) is 14.8. The number of thioether (sulfide) groups is 1. The summed E-state index contributed by atoms with van der Waals surface area (Å²) < 4.78 is 7.46. The number of fused-ring (bicyclic) bond motifs is 2. The van der Waals surface area contributed by atoms with Crippen LogP contribution >= 0.6 is 11.8 Å². The second kappa shape index (κ2) is 8.81. The topological polar surface area (TPSA) is 76.2 Å². The van der Waals surface area contributed by atoms with Crippen molar-refractivity contribution in [3.63, 3.8) is 0 Å². The van der Waals surface area contributed by atoms with E-state index in [0.29, 0.717) is 18.6 Å². The summed E-state index contributed by atoms with van der Waals surface area (Å²) in [6.45, 7) is 3.31. The predicted octanol–water partition coefficient (Wildman–Crippen LogP) is 3.14. The molecule has 8 heteroatoms.